The molecule has 0 amide bonds. The summed E-state index contributed by atoms with van der Waals surface area (Å²) in [6, 6.07) is 9.03. The van der Waals surface area contributed by atoms with Gasteiger partial charge in [-0.25, -0.2) is 9.79 Å². The van der Waals surface area contributed by atoms with Crippen LogP contribution in [0.1, 0.15) is 38.3 Å². The van der Waals surface area contributed by atoms with Gasteiger partial charge in [-0.3, -0.25) is 4.90 Å². The lowest BCUT2D eigenvalue weighted by atomic mass is 9.93. The highest BCUT2D eigenvalue weighted by Crippen LogP contribution is 2.46. The van der Waals surface area contributed by atoms with Gasteiger partial charge in [-0.1, -0.05) is 25.5 Å². The van der Waals surface area contributed by atoms with Crippen LogP contribution in [0.2, 0.25) is 0 Å². The van der Waals surface area contributed by atoms with Gasteiger partial charge >= 0.3 is 5.97 Å². The second kappa shape index (κ2) is 8.40. The quantitative estimate of drug-likeness (QED) is 0.733. The number of hydrogen-bond acceptors (Lipinski definition) is 8. The van der Waals surface area contributed by atoms with Crippen LogP contribution in [0, 0.1) is 11.3 Å². The van der Waals surface area contributed by atoms with E-state index in [0.29, 0.717) is 39.3 Å². The molecule has 2 aliphatic rings. The molecular weight excluding hydrogens is 376 g/mol. The Morgan fingerprint density at radius 3 is 2.64 bits per heavy atom. The van der Waals surface area contributed by atoms with Gasteiger partial charge in [0.15, 0.2) is 5.17 Å². The number of carbonyl (C=O) groups excluding carboxylic acids is 1. The molecule has 2 heterocycles. The van der Waals surface area contributed by atoms with E-state index in [-0.39, 0.29) is 6.61 Å². The molecule has 2 aliphatic heterocycles. The highest BCUT2D eigenvalue weighted by atomic mass is 32.2. The Morgan fingerprint density at radius 1 is 1.36 bits per heavy atom. The van der Waals surface area contributed by atoms with E-state index < -0.39 is 12.0 Å². The lowest BCUT2D eigenvalue weighted by molar-refractivity contribution is -0.139. The van der Waals surface area contributed by atoms with Crippen molar-refractivity contribution in [3.05, 3.63) is 51.8 Å². The average Bonchev–Trinajstić information content (AvgIpc) is 3.03. The molecule has 0 saturated carbocycles. The molecule has 2 N–H and O–H groups in total. The number of allylic oxidation sites excluding steroid dienone is 2. The van der Waals surface area contributed by atoms with Crippen molar-refractivity contribution < 1.29 is 14.3 Å². The predicted molar refractivity (Wildman–Crippen MR) is 108 cm³/mol. The maximum atomic E-state index is 12.9. The van der Waals surface area contributed by atoms with Gasteiger partial charge in [-0.2, -0.15) is 5.26 Å². The Morgan fingerprint density at radius 2 is 2.07 bits per heavy atom. The zero-order chi connectivity index (χ0) is 20.3. The Balaban J connectivity index is 2.20. The van der Waals surface area contributed by atoms with E-state index in [0.717, 1.165) is 12.0 Å². The summed E-state index contributed by atoms with van der Waals surface area (Å²) in [6.07, 6.45) is 1.45. The molecule has 0 bridgehead atoms. The number of carbonyl (C=O) groups is 1. The van der Waals surface area contributed by atoms with E-state index in [1.807, 2.05) is 31.2 Å². The Labute approximate surface area is 168 Å². The monoisotopic (exact) mass is 398 g/mol. The first-order valence-electron chi connectivity index (χ1n) is 9.05. The first-order valence-corrected chi connectivity index (χ1v) is 9.87. The minimum absolute atomic E-state index is 0.261. The largest absolute Gasteiger partial charge is 0.497 e. The first kappa shape index (κ1) is 19.8. The number of esters is 1. The lowest BCUT2D eigenvalue weighted by Gasteiger charge is -2.35. The van der Waals surface area contributed by atoms with Gasteiger partial charge in [0.05, 0.1) is 31.0 Å². The van der Waals surface area contributed by atoms with Gasteiger partial charge in [-0.15, -0.1) is 0 Å². The number of nitriles is 1. The molecule has 1 atom stereocenters. The molecule has 0 unspecified atom stereocenters. The van der Waals surface area contributed by atoms with E-state index in [2.05, 4.69) is 11.1 Å². The number of hydrogen-bond donors (Lipinski definition) is 1. The number of nitrogens with two attached hydrogens (primary N) is 1. The van der Waals surface area contributed by atoms with Gasteiger partial charge < -0.3 is 15.2 Å². The summed E-state index contributed by atoms with van der Waals surface area (Å²) in [5, 5.41) is 10.0. The van der Waals surface area contributed by atoms with Crippen LogP contribution in [0.25, 0.3) is 0 Å². The average molecular weight is 398 g/mol. The van der Waals surface area contributed by atoms with Crippen molar-refractivity contribution in [2.45, 2.75) is 32.7 Å². The van der Waals surface area contributed by atoms with E-state index in [1.165, 1.54) is 11.8 Å². The first-order chi connectivity index (χ1) is 13.5. The number of rotatable bonds is 6. The van der Waals surface area contributed by atoms with Crippen molar-refractivity contribution in [1.82, 2.24) is 4.90 Å². The van der Waals surface area contributed by atoms with Crippen molar-refractivity contribution >= 4 is 22.9 Å². The molecule has 0 aromatic heterocycles. The van der Waals surface area contributed by atoms with Crippen LogP contribution in [0.3, 0.4) is 0 Å². The molecule has 3 rings (SSSR count). The smallest absolute Gasteiger partial charge is 0.338 e. The van der Waals surface area contributed by atoms with Gasteiger partial charge in [0, 0.05) is 0 Å². The van der Waals surface area contributed by atoms with Gasteiger partial charge in [0.1, 0.15) is 22.5 Å². The summed E-state index contributed by atoms with van der Waals surface area (Å²) in [5.41, 5.74) is 8.24. The maximum absolute atomic E-state index is 12.9. The van der Waals surface area contributed by atoms with Gasteiger partial charge in [-0.05, 0) is 42.8 Å². The minimum atomic E-state index is -0.516. The molecule has 28 heavy (non-hydrogen) atoms. The number of aliphatic imine (C=N–C) groups is 1. The standard InChI is InChI=1S/C20H22N4O3S/c1-4-6-14-16(19(25)27-5-2)17(12-7-9-13(26-3)10-8-12)24-18(22)15(11-21)28-20(24)23-14/h7-10,17H,4-6,22H2,1-3H3/t17-/m1/s1. The lowest BCUT2D eigenvalue weighted by Crippen LogP contribution is -2.39. The second-order valence-corrected chi connectivity index (χ2v) is 7.18. The fourth-order valence-electron chi connectivity index (χ4n) is 3.24. The molecule has 1 aromatic rings. The van der Waals surface area contributed by atoms with Crippen LogP contribution in [0.15, 0.2) is 51.3 Å². The summed E-state index contributed by atoms with van der Waals surface area (Å²) in [4.78, 5) is 19.7. The molecule has 8 heteroatoms. The number of amidine groups is 1. The summed E-state index contributed by atoms with van der Waals surface area (Å²) in [7, 11) is 1.60. The van der Waals surface area contributed by atoms with E-state index in [4.69, 9.17) is 15.2 Å². The van der Waals surface area contributed by atoms with E-state index in [1.54, 1.807) is 18.9 Å². The van der Waals surface area contributed by atoms with Crippen molar-refractivity contribution in [3.8, 4) is 11.8 Å². The molecule has 0 aliphatic carbocycles. The summed E-state index contributed by atoms with van der Waals surface area (Å²) in [6.45, 7) is 4.06. The Kier molecular flexibility index (Phi) is 5.95. The SMILES string of the molecule is CCCC1=C(C(=O)OCC)[C@@H](c2ccc(OC)cc2)N2C(=N1)SC(C#N)=C2N. The third kappa shape index (κ3) is 3.45. The normalized spacial score (nSPS) is 18.6. The van der Waals surface area contributed by atoms with Gasteiger partial charge in [0.25, 0.3) is 0 Å². The summed E-state index contributed by atoms with van der Waals surface area (Å²) < 4.78 is 10.6. The van der Waals surface area contributed by atoms with Crippen LogP contribution in [-0.4, -0.2) is 29.8 Å². The fourth-order valence-corrected chi connectivity index (χ4v) is 4.13. The minimum Gasteiger partial charge on any atom is -0.497 e. The maximum Gasteiger partial charge on any atom is 0.338 e. The van der Waals surface area contributed by atoms with Crippen LogP contribution in [0.5, 0.6) is 5.75 Å². The number of methoxy groups -OCH3 is 1. The van der Waals surface area contributed by atoms with Crippen LogP contribution in [0.4, 0.5) is 0 Å². The molecule has 0 fully saturated rings. The summed E-state index contributed by atoms with van der Waals surface area (Å²) in [5.74, 6) is 0.586. The highest BCUT2D eigenvalue weighted by molar-refractivity contribution is 8.17. The van der Waals surface area contributed by atoms with Crippen LogP contribution < -0.4 is 10.5 Å². The van der Waals surface area contributed by atoms with Crippen LogP contribution in [-0.2, 0) is 9.53 Å². The third-order valence-corrected chi connectivity index (χ3v) is 5.46. The van der Waals surface area contributed by atoms with Crippen molar-refractivity contribution in [2.75, 3.05) is 13.7 Å². The van der Waals surface area contributed by atoms with Crippen LogP contribution >= 0.6 is 11.8 Å². The fraction of sp³-hybridized carbons (Fsp3) is 0.350. The molecule has 0 saturated heterocycles. The molecule has 146 valence electrons. The third-order valence-electron chi connectivity index (χ3n) is 4.48. The van der Waals surface area contributed by atoms with Crippen molar-refractivity contribution in [2.24, 2.45) is 10.7 Å². The topological polar surface area (TPSA) is 101 Å². The number of nitrogens with zero attached hydrogens (tertiary/aromatic N) is 3. The second-order valence-electron chi connectivity index (χ2n) is 6.20. The number of benzene rings is 1. The number of ether oxygens (including phenoxy) is 2. The molecular formula is C20H22N4O3S. The molecule has 0 radical (unpaired) electrons. The molecule has 0 spiro atoms. The highest BCUT2D eigenvalue weighted by Gasteiger charge is 2.43. The van der Waals surface area contributed by atoms with E-state index >= 15 is 0 Å². The zero-order valence-electron chi connectivity index (χ0n) is 16.1. The predicted octanol–water partition coefficient (Wildman–Crippen LogP) is 3.42. The van der Waals surface area contributed by atoms with E-state index in [9.17, 15) is 10.1 Å². The molecule has 7 nitrogen and oxygen atoms in total. The van der Waals surface area contributed by atoms with Crippen molar-refractivity contribution in [1.29, 1.82) is 5.26 Å². The Bertz CT molecular complexity index is 912. The zero-order valence-corrected chi connectivity index (χ0v) is 16.9. The number of thioether (sulfide) groups is 1. The van der Waals surface area contributed by atoms with Gasteiger partial charge in [0.2, 0.25) is 0 Å². The summed E-state index contributed by atoms with van der Waals surface area (Å²) >= 11 is 1.22. The Hall–Kier alpha value is -2.92. The number of fused-ring (bicyclic) bond motifs is 1. The molecule has 1 aromatic carbocycles. The van der Waals surface area contributed by atoms with Crippen molar-refractivity contribution in [3.63, 3.8) is 0 Å².